The van der Waals surface area contributed by atoms with E-state index in [1.54, 1.807) is 0 Å². The monoisotopic (exact) mass is 630 g/mol. The van der Waals surface area contributed by atoms with Crippen molar-refractivity contribution in [2.45, 2.75) is 57.9 Å². The van der Waals surface area contributed by atoms with Crippen LogP contribution in [0.2, 0.25) is 0 Å². The van der Waals surface area contributed by atoms with Crippen molar-refractivity contribution in [1.82, 2.24) is 14.5 Å². The number of piperidine rings is 1. The topological polar surface area (TPSA) is 94.1 Å². The van der Waals surface area contributed by atoms with Gasteiger partial charge in [-0.25, -0.2) is 13.1 Å². The third-order valence-corrected chi connectivity index (χ3v) is 11.4. The molecule has 238 valence electrons. The van der Waals surface area contributed by atoms with Crippen LogP contribution in [-0.4, -0.2) is 82.1 Å². The molecule has 0 aromatic heterocycles. The summed E-state index contributed by atoms with van der Waals surface area (Å²) in [5, 5.41) is 12.8. The molecule has 1 saturated heterocycles. The molecule has 4 rings (SSSR count). The van der Waals surface area contributed by atoms with Crippen LogP contribution in [0.5, 0.6) is 5.75 Å². The number of ether oxygens (including phenoxy) is 1. The van der Waals surface area contributed by atoms with E-state index in [0.29, 0.717) is 19.0 Å². The second kappa shape index (κ2) is 15.2. The van der Waals surface area contributed by atoms with E-state index in [1.165, 1.54) is 21.6 Å². The number of aliphatic hydroxyl groups is 1. The molecule has 0 bridgehead atoms. The predicted octanol–water partition coefficient (Wildman–Crippen LogP) is 5.50. The highest BCUT2D eigenvalue weighted by Gasteiger charge is 2.32. The molecule has 1 aromatic rings. The summed E-state index contributed by atoms with van der Waals surface area (Å²) in [5.74, 6) is 1.40. The van der Waals surface area contributed by atoms with Crippen molar-refractivity contribution in [2.75, 3.05) is 58.0 Å². The standard InChI is InChI=1S/C33H50N4O4S2/c1-7-27-26(20-35-43(39,40)18-17-37-15-13-24(22-38)14-16-37)9-11-29(27)28(8-2)32-21-36(6)33(42-32)25-10-12-31(41-23(3)4)30(19-25)34-5/h7-8,10,12,19,21,23-24,26,33-35,38H,1,9,11,13-18,20,22H2,2-6H3. The van der Waals surface area contributed by atoms with Gasteiger partial charge in [-0.2, -0.15) is 0 Å². The molecule has 2 atom stereocenters. The van der Waals surface area contributed by atoms with Crippen LogP contribution in [0.1, 0.15) is 57.4 Å². The molecule has 1 aliphatic carbocycles. The second-order valence-corrected chi connectivity index (χ2v) is 15.1. The van der Waals surface area contributed by atoms with Crippen molar-refractivity contribution < 1.29 is 18.3 Å². The van der Waals surface area contributed by atoms with Crippen LogP contribution < -0.4 is 14.8 Å². The third kappa shape index (κ3) is 8.48. The lowest BCUT2D eigenvalue weighted by atomic mass is 9.97. The summed E-state index contributed by atoms with van der Waals surface area (Å²) < 4.78 is 34.7. The number of sulfonamides is 1. The molecule has 0 amide bonds. The fraction of sp³-hybridized carbons (Fsp3) is 0.576. The minimum atomic E-state index is -3.39. The predicted molar refractivity (Wildman–Crippen MR) is 180 cm³/mol. The summed E-state index contributed by atoms with van der Waals surface area (Å²) >= 11 is 1.83. The normalized spacial score (nSPS) is 22.4. The van der Waals surface area contributed by atoms with Gasteiger partial charge in [0.15, 0.2) is 0 Å². The van der Waals surface area contributed by atoms with Crippen LogP contribution in [-0.2, 0) is 10.0 Å². The number of thioether (sulfide) groups is 1. The first-order valence-corrected chi connectivity index (χ1v) is 18.0. The zero-order valence-corrected chi connectivity index (χ0v) is 28.1. The number of likely N-dealkylation sites (tertiary alicyclic amines) is 1. The van der Waals surface area contributed by atoms with Crippen molar-refractivity contribution in [2.24, 2.45) is 11.8 Å². The molecule has 2 aliphatic heterocycles. The maximum absolute atomic E-state index is 12.9. The molecule has 2 heterocycles. The van der Waals surface area contributed by atoms with Crippen LogP contribution >= 0.6 is 11.8 Å². The molecular weight excluding hydrogens is 581 g/mol. The molecule has 3 aliphatic rings. The van der Waals surface area contributed by atoms with Crippen LogP contribution in [0.25, 0.3) is 0 Å². The lowest BCUT2D eigenvalue weighted by molar-refractivity contribution is 0.136. The van der Waals surface area contributed by atoms with E-state index in [-0.39, 0.29) is 29.8 Å². The number of allylic oxidation sites excluding steroid dienone is 4. The fourth-order valence-electron chi connectivity index (χ4n) is 6.24. The number of nitrogens with zero attached hydrogens (tertiary/aromatic N) is 2. The molecule has 3 N–H and O–H groups in total. The molecule has 0 spiro atoms. The Bertz CT molecular complexity index is 1330. The number of hydrogen-bond acceptors (Lipinski definition) is 8. The zero-order valence-electron chi connectivity index (χ0n) is 26.4. The molecule has 2 unspecified atom stereocenters. The molecule has 0 saturated carbocycles. The average Bonchev–Trinajstić information content (AvgIpc) is 3.58. The summed E-state index contributed by atoms with van der Waals surface area (Å²) in [6, 6.07) is 6.35. The first-order chi connectivity index (χ1) is 20.6. The van der Waals surface area contributed by atoms with Crippen LogP contribution in [0.15, 0.2) is 64.8 Å². The Labute approximate surface area is 263 Å². The molecular formula is C33H50N4O4S2. The van der Waals surface area contributed by atoms with Gasteiger partial charge >= 0.3 is 0 Å². The number of anilines is 1. The molecule has 10 heteroatoms. The third-order valence-electron chi connectivity index (χ3n) is 8.67. The lowest BCUT2D eigenvalue weighted by Gasteiger charge is -2.30. The van der Waals surface area contributed by atoms with E-state index in [2.05, 4.69) is 64.8 Å². The number of benzene rings is 1. The van der Waals surface area contributed by atoms with Crippen molar-refractivity contribution in [3.05, 3.63) is 70.3 Å². The van der Waals surface area contributed by atoms with Gasteiger partial charge in [0.05, 0.1) is 17.5 Å². The molecule has 1 aromatic carbocycles. The minimum absolute atomic E-state index is 0.0979. The van der Waals surface area contributed by atoms with E-state index in [1.807, 2.05) is 44.8 Å². The summed E-state index contributed by atoms with van der Waals surface area (Å²) in [4.78, 5) is 5.66. The van der Waals surface area contributed by atoms with E-state index in [0.717, 1.165) is 55.8 Å². The molecule has 0 radical (unpaired) electrons. The van der Waals surface area contributed by atoms with Gasteiger partial charge in [0, 0.05) is 44.9 Å². The quantitative estimate of drug-likeness (QED) is 0.248. The average molecular weight is 631 g/mol. The van der Waals surface area contributed by atoms with Gasteiger partial charge in [-0.15, -0.1) is 0 Å². The smallest absolute Gasteiger partial charge is 0.212 e. The largest absolute Gasteiger partial charge is 0.489 e. The number of aliphatic hydroxyl groups excluding tert-OH is 1. The van der Waals surface area contributed by atoms with Gasteiger partial charge in [-0.3, -0.25) is 0 Å². The first-order valence-electron chi connectivity index (χ1n) is 15.5. The van der Waals surface area contributed by atoms with E-state index >= 15 is 0 Å². The first kappa shape index (κ1) is 33.6. The summed E-state index contributed by atoms with van der Waals surface area (Å²) in [6.45, 7) is 13.1. The maximum atomic E-state index is 12.9. The number of rotatable bonds is 14. The molecule has 43 heavy (non-hydrogen) atoms. The molecule has 8 nitrogen and oxygen atoms in total. The Hall–Kier alpha value is -2.24. The minimum Gasteiger partial charge on any atom is -0.489 e. The van der Waals surface area contributed by atoms with E-state index < -0.39 is 10.0 Å². The van der Waals surface area contributed by atoms with Crippen molar-refractivity contribution in [1.29, 1.82) is 0 Å². The molecule has 1 fully saturated rings. The SMILES string of the molecule is C=CC1=C(C(=CC)C2=CN(C)C(c3ccc(OC(C)C)c(NC)c3)S2)CCC1CNS(=O)(=O)CCN1CCC(CO)CC1. The zero-order chi connectivity index (χ0) is 31.1. The lowest BCUT2D eigenvalue weighted by Crippen LogP contribution is -2.40. The highest BCUT2D eigenvalue weighted by Crippen LogP contribution is 2.50. The Kier molecular flexibility index (Phi) is 11.9. The van der Waals surface area contributed by atoms with Gasteiger partial charge in [0.25, 0.3) is 0 Å². The Balaban J connectivity index is 1.40. The maximum Gasteiger partial charge on any atom is 0.212 e. The van der Waals surface area contributed by atoms with Gasteiger partial charge in [-0.1, -0.05) is 36.6 Å². The van der Waals surface area contributed by atoms with Gasteiger partial charge < -0.3 is 25.0 Å². The van der Waals surface area contributed by atoms with Gasteiger partial charge in [0.1, 0.15) is 11.1 Å². The summed E-state index contributed by atoms with van der Waals surface area (Å²) in [5.41, 5.74) is 5.78. The highest BCUT2D eigenvalue weighted by atomic mass is 32.2. The summed E-state index contributed by atoms with van der Waals surface area (Å²) in [6.07, 6.45) is 10.1. The Morgan fingerprint density at radius 2 is 2.00 bits per heavy atom. The van der Waals surface area contributed by atoms with Crippen molar-refractivity contribution in [3.8, 4) is 5.75 Å². The fourth-order valence-corrected chi connectivity index (χ4v) is 8.68. The van der Waals surface area contributed by atoms with Crippen LogP contribution in [0.3, 0.4) is 0 Å². The van der Waals surface area contributed by atoms with Gasteiger partial charge in [-0.05, 0) is 106 Å². The van der Waals surface area contributed by atoms with Crippen molar-refractivity contribution >= 4 is 27.5 Å². The summed E-state index contributed by atoms with van der Waals surface area (Å²) in [7, 11) is 0.641. The Morgan fingerprint density at radius 3 is 2.63 bits per heavy atom. The van der Waals surface area contributed by atoms with E-state index in [4.69, 9.17) is 4.74 Å². The highest BCUT2D eigenvalue weighted by molar-refractivity contribution is 8.03. The number of hydrogen-bond donors (Lipinski definition) is 3. The van der Waals surface area contributed by atoms with Gasteiger partial charge in [0.2, 0.25) is 10.0 Å². The Morgan fingerprint density at radius 1 is 1.26 bits per heavy atom. The second-order valence-electron chi connectivity index (χ2n) is 12.0. The van der Waals surface area contributed by atoms with E-state index in [9.17, 15) is 13.5 Å². The van der Waals surface area contributed by atoms with Crippen LogP contribution in [0.4, 0.5) is 5.69 Å². The van der Waals surface area contributed by atoms with Crippen molar-refractivity contribution in [3.63, 3.8) is 0 Å². The van der Waals surface area contributed by atoms with Crippen LogP contribution in [0, 0.1) is 11.8 Å². The number of nitrogens with one attached hydrogen (secondary N) is 2.